The highest BCUT2D eigenvalue weighted by Gasteiger charge is 2.60. The van der Waals surface area contributed by atoms with E-state index in [0.29, 0.717) is 29.3 Å². The highest BCUT2D eigenvalue weighted by molar-refractivity contribution is 9.09. The molecule has 142 valence electrons. The van der Waals surface area contributed by atoms with E-state index >= 15 is 0 Å². The van der Waals surface area contributed by atoms with Gasteiger partial charge in [-0.15, -0.1) is 0 Å². The minimum absolute atomic E-state index is 0.0711. The number of hydrogen-bond donors (Lipinski definition) is 0. The van der Waals surface area contributed by atoms with Crippen molar-refractivity contribution in [2.24, 2.45) is 28.6 Å². The van der Waals surface area contributed by atoms with Gasteiger partial charge in [0.05, 0.1) is 12.7 Å². The Morgan fingerprint density at radius 1 is 1.12 bits per heavy atom. The molecule has 0 aromatic heterocycles. The predicted molar refractivity (Wildman–Crippen MR) is 106 cm³/mol. The van der Waals surface area contributed by atoms with Gasteiger partial charge in [0, 0.05) is 16.7 Å². The van der Waals surface area contributed by atoms with Gasteiger partial charge in [-0.3, -0.25) is 0 Å². The topological polar surface area (TPSA) is 18.5 Å². The molecule has 3 aliphatic carbocycles. The Kier molecular flexibility index (Phi) is 5.14. The monoisotopic (exact) mass is 410 g/mol. The molecule has 0 aromatic rings. The van der Waals surface area contributed by atoms with Crippen LogP contribution in [0.1, 0.15) is 71.6 Å². The lowest BCUT2D eigenvalue weighted by Crippen LogP contribution is -2.61. The molecular weight excluding hydrogens is 376 g/mol. The first-order chi connectivity index (χ1) is 12.0. The van der Waals surface area contributed by atoms with Crippen LogP contribution in [0.3, 0.4) is 0 Å². The fraction of sp³-hybridized carbons (Fsp3) is 0.909. The zero-order chi connectivity index (χ0) is 17.7. The Morgan fingerprint density at radius 2 is 1.88 bits per heavy atom. The zero-order valence-corrected chi connectivity index (χ0v) is 17.7. The van der Waals surface area contributed by atoms with Crippen molar-refractivity contribution in [1.29, 1.82) is 0 Å². The third-order valence-electron chi connectivity index (χ3n) is 8.36. The van der Waals surface area contributed by atoms with Crippen molar-refractivity contribution in [2.45, 2.75) is 84.0 Å². The van der Waals surface area contributed by atoms with Crippen LogP contribution in [-0.2, 0) is 9.47 Å². The molecule has 0 radical (unpaired) electrons. The SMILES string of the molecule is C=C1CCC2[C@]3(C)COC(C4CCCC4)O[C@@H]3CC[C@@]2(C)[C@@H]1CCBr. The maximum Gasteiger partial charge on any atom is 0.160 e. The summed E-state index contributed by atoms with van der Waals surface area (Å²) in [5, 5.41) is 1.08. The van der Waals surface area contributed by atoms with Crippen LogP contribution in [0.2, 0.25) is 0 Å². The lowest BCUT2D eigenvalue weighted by Gasteiger charge is -2.63. The summed E-state index contributed by atoms with van der Waals surface area (Å²) >= 11 is 3.69. The molecule has 0 amide bonds. The molecule has 0 bridgehead atoms. The van der Waals surface area contributed by atoms with Crippen molar-refractivity contribution in [2.75, 3.05) is 11.9 Å². The first kappa shape index (κ1) is 18.5. The van der Waals surface area contributed by atoms with Gasteiger partial charge in [0.2, 0.25) is 0 Å². The summed E-state index contributed by atoms with van der Waals surface area (Å²) in [6, 6.07) is 0. The van der Waals surface area contributed by atoms with Crippen LogP contribution in [0.15, 0.2) is 12.2 Å². The van der Waals surface area contributed by atoms with Gasteiger partial charge in [-0.1, -0.05) is 54.8 Å². The Morgan fingerprint density at radius 3 is 2.60 bits per heavy atom. The van der Waals surface area contributed by atoms with Crippen LogP contribution in [0.4, 0.5) is 0 Å². The fourth-order valence-electron chi connectivity index (χ4n) is 6.97. The fourth-order valence-corrected chi connectivity index (χ4v) is 7.43. The molecule has 6 atom stereocenters. The molecule has 0 N–H and O–H groups in total. The first-order valence-corrected chi connectivity index (χ1v) is 11.6. The zero-order valence-electron chi connectivity index (χ0n) is 16.1. The summed E-state index contributed by atoms with van der Waals surface area (Å²) in [5.74, 6) is 1.99. The molecule has 4 rings (SSSR count). The molecule has 4 fully saturated rings. The summed E-state index contributed by atoms with van der Waals surface area (Å²) < 4.78 is 13.0. The van der Waals surface area contributed by atoms with E-state index in [-0.39, 0.29) is 11.7 Å². The Balaban J connectivity index is 1.55. The quantitative estimate of drug-likeness (QED) is 0.413. The summed E-state index contributed by atoms with van der Waals surface area (Å²) in [7, 11) is 0. The van der Waals surface area contributed by atoms with E-state index in [1.54, 1.807) is 0 Å². The van der Waals surface area contributed by atoms with E-state index in [1.165, 1.54) is 63.4 Å². The van der Waals surface area contributed by atoms with Crippen LogP contribution in [-0.4, -0.2) is 24.3 Å². The molecule has 4 aliphatic rings. The van der Waals surface area contributed by atoms with Gasteiger partial charge in [-0.05, 0) is 62.2 Å². The third kappa shape index (κ3) is 2.97. The van der Waals surface area contributed by atoms with Crippen LogP contribution in [0, 0.1) is 28.6 Å². The molecule has 0 aromatic carbocycles. The van der Waals surface area contributed by atoms with Crippen molar-refractivity contribution in [1.82, 2.24) is 0 Å². The maximum atomic E-state index is 6.64. The highest BCUT2D eigenvalue weighted by atomic mass is 79.9. The van der Waals surface area contributed by atoms with Crippen LogP contribution in [0.25, 0.3) is 0 Å². The molecule has 2 unspecified atom stereocenters. The maximum absolute atomic E-state index is 6.64. The Labute approximate surface area is 162 Å². The number of hydrogen-bond acceptors (Lipinski definition) is 2. The largest absolute Gasteiger partial charge is 0.352 e. The van der Waals surface area contributed by atoms with Gasteiger partial charge in [-0.25, -0.2) is 0 Å². The van der Waals surface area contributed by atoms with Gasteiger partial charge in [-0.2, -0.15) is 0 Å². The average molecular weight is 411 g/mol. The number of halogens is 1. The smallest absolute Gasteiger partial charge is 0.160 e. The summed E-state index contributed by atoms with van der Waals surface area (Å²) in [6.07, 6.45) is 11.9. The van der Waals surface area contributed by atoms with E-state index in [9.17, 15) is 0 Å². The molecular formula is C22H35BrO2. The lowest BCUT2D eigenvalue weighted by molar-refractivity contribution is -0.316. The Bertz CT molecular complexity index is 514. The summed E-state index contributed by atoms with van der Waals surface area (Å²) in [4.78, 5) is 0. The molecule has 2 nitrogen and oxygen atoms in total. The van der Waals surface area contributed by atoms with E-state index < -0.39 is 0 Å². The van der Waals surface area contributed by atoms with Gasteiger partial charge in [0.25, 0.3) is 0 Å². The second-order valence-corrected chi connectivity index (χ2v) is 10.5. The molecule has 0 spiro atoms. The van der Waals surface area contributed by atoms with Crippen LogP contribution < -0.4 is 0 Å². The minimum Gasteiger partial charge on any atom is -0.352 e. The average Bonchev–Trinajstić information content (AvgIpc) is 3.12. The van der Waals surface area contributed by atoms with Crippen molar-refractivity contribution < 1.29 is 9.47 Å². The summed E-state index contributed by atoms with van der Waals surface area (Å²) in [5.41, 5.74) is 2.02. The standard InChI is InChI=1S/C22H35BrO2/c1-15-8-9-18-21(2,17(15)11-13-23)12-10-19-22(18,3)14-24-20(25-19)16-6-4-5-7-16/h16-20H,1,4-14H2,2-3H3/t17-,18?,19-,20?,21+,22+/m1/s1. The molecule has 1 aliphatic heterocycles. The first-order valence-electron chi connectivity index (χ1n) is 10.5. The molecule has 1 heterocycles. The van der Waals surface area contributed by atoms with Crippen molar-refractivity contribution >= 4 is 15.9 Å². The number of rotatable bonds is 3. The number of allylic oxidation sites excluding steroid dienone is 1. The third-order valence-corrected chi connectivity index (χ3v) is 8.81. The highest BCUT2D eigenvalue weighted by Crippen LogP contribution is 2.63. The van der Waals surface area contributed by atoms with E-state index in [1.807, 2.05) is 0 Å². The minimum atomic E-state index is 0.0711. The van der Waals surface area contributed by atoms with Crippen LogP contribution >= 0.6 is 15.9 Å². The predicted octanol–water partition coefficient (Wildman–Crippen LogP) is 6.09. The number of alkyl halides is 1. The van der Waals surface area contributed by atoms with Gasteiger partial charge >= 0.3 is 0 Å². The van der Waals surface area contributed by atoms with E-state index in [2.05, 4.69) is 36.4 Å². The lowest BCUT2D eigenvalue weighted by atomic mass is 9.46. The van der Waals surface area contributed by atoms with E-state index in [4.69, 9.17) is 9.47 Å². The van der Waals surface area contributed by atoms with Crippen LogP contribution in [0.5, 0.6) is 0 Å². The normalized spacial score (nSPS) is 48.2. The molecule has 3 heteroatoms. The van der Waals surface area contributed by atoms with Crippen molar-refractivity contribution in [3.05, 3.63) is 12.2 Å². The Hall–Kier alpha value is 0.140. The number of fused-ring (bicyclic) bond motifs is 3. The van der Waals surface area contributed by atoms with Gasteiger partial charge in [0.15, 0.2) is 6.29 Å². The molecule has 3 saturated carbocycles. The molecule has 25 heavy (non-hydrogen) atoms. The molecule has 1 saturated heterocycles. The number of ether oxygens (including phenoxy) is 2. The van der Waals surface area contributed by atoms with Gasteiger partial charge < -0.3 is 9.47 Å². The van der Waals surface area contributed by atoms with Crippen molar-refractivity contribution in [3.8, 4) is 0 Å². The summed E-state index contributed by atoms with van der Waals surface area (Å²) in [6.45, 7) is 10.4. The van der Waals surface area contributed by atoms with E-state index in [0.717, 1.165) is 11.9 Å². The van der Waals surface area contributed by atoms with Gasteiger partial charge in [0.1, 0.15) is 0 Å². The second kappa shape index (κ2) is 6.95. The van der Waals surface area contributed by atoms with Crippen molar-refractivity contribution in [3.63, 3.8) is 0 Å². The second-order valence-electron chi connectivity index (χ2n) is 9.68.